The molecule has 2 aromatic rings. The molecule has 3 heterocycles. The molecule has 0 bridgehead atoms. The second-order valence-corrected chi connectivity index (χ2v) is 6.75. The Labute approximate surface area is 140 Å². The van der Waals surface area contributed by atoms with Gasteiger partial charge in [-0.2, -0.15) is 4.98 Å². The summed E-state index contributed by atoms with van der Waals surface area (Å²) in [5.41, 5.74) is 1.09. The van der Waals surface area contributed by atoms with Crippen LogP contribution in [0.5, 0.6) is 5.75 Å². The van der Waals surface area contributed by atoms with E-state index in [0.717, 1.165) is 24.2 Å². The van der Waals surface area contributed by atoms with Crippen molar-refractivity contribution < 1.29 is 14.1 Å². The van der Waals surface area contributed by atoms with E-state index in [1.54, 1.807) is 0 Å². The number of carbonyl (C=O) groups is 1. The fourth-order valence-corrected chi connectivity index (χ4v) is 3.42. The third-order valence-corrected chi connectivity index (χ3v) is 4.71. The van der Waals surface area contributed by atoms with E-state index in [-0.39, 0.29) is 17.9 Å². The Balaban J connectivity index is 1.51. The van der Waals surface area contributed by atoms with Crippen LogP contribution in [-0.2, 0) is 11.2 Å². The van der Waals surface area contributed by atoms with Crippen molar-refractivity contribution in [1.29, 1.82) is 0 Å². The molecule has 0 saturated carbocycles. The van der Waals surface area contributed by atoms with Crippen molar-refractivity contribution in [2.75, 3.05) is 6.54 Å². The molecule has 2 aliphatic heterocycles. The van der Waals surface area contributed by atoms with E-state index >= 15 is 0 Å². The van der Waals surface area contributed by atoms with Crippen LogP contribution in [0.3, 0.4) is 0 Å². The molecule has 4 rings (SSSR count). The maximum Gasteiger partial charge on any atom is 0.264 e. The van der Waals surface area contributed by atoms with Crippen LogP contribution in [0.2, 0.25) is 0 Å². The van der Waals surface area contributed by atoms with Crippen LogP contribution in [0.4, 0.5) is 0 Å². The molecule has 1 saturated heterocycles. The number of aromatic nitrogens is 2. The van der Waals surface area contributed by atoms with Crippen LogP contribution in [0.15, 0.2) is 28.8 Å². The van der Waals surface area contributed by atoms with Crippen LogP contribution >= 0.6 is 0 Å². The molecule has 1 amide bonds. The third kappa shape index (κ3) is 2.56. The van der Waals surface area contributed by atoms with Gasteiger partial charge >= 0.3 is 0 Å². The summed E-state index contributed by atoms with van der Waals surface area (Å²) in [4.78, 5) is 19.3. The number of nitrogens with zero attached hydrogens (tertiary/aromatic N) is 3. The largest absolute Gasteiger partial charge is 0.480 e. The lowest BCUT2D eigenvalue weighted by Gasteiger charge is -2.25. The lowest BCUT2D eigenvalue weighted by Crippen LogP contribution is -2.41. The van der Waals surface area contributed by atoms with Crippen LogP contribution in [0.1, 0.15) is 55.9 Å². The molecule has 0 unspecified atom stereocenters. The number of rotatable bonds is 3. The number of carbonyl (C=O) groups excluding carboxylic acids is 1. The summed E-state index contributed by atoms with van der Waals surface area (Å²) in [6.07, 6.45) is 1.99. The monoisotopic (exact) mass is 327 g/mol. The Morgan fingerprint density at radius 2 is 2.17 bits per heavy atom. The minimum absolute atomic E-state index is 0.0181. The molecule has 0 radical (unpaired) electrons. The van der Waals surface area contributed by atoms with Gasteiger partial charge in [0.25, 0.3) is 5.91 Å². The zero-order valence-corrected chi connectivity index (χ0v) is 13.9. The first-order chi connectivity index (χ1) is 11.6. The summed E-state index contributed by atoms with van der Waals surface area (Å²) in [5, 5.41) is 4.10. The van der Waals surface area contributed by atoms with E-state index in [2.05, 4.69) is 10.1 Å². The van der Waals surface area contributed by atoms with Gasteiger partial charge in [0.2, 0.25) is 5.89 Å². The van der Waals surface area contributed by atoms with Gasteiger partial charge in [0.15, 0.2) is 11.9 Å². The minimum atomic E-state index is -0.445. The predicted octanol–water partition coefficient (Wildman–Crippen LogP) is 2.86. The Bertz CT molecular complexity index is 730. The molecule has 0 N–H and O–H groups in total. The number of ether oxygens (including phenoxy) is 1. The van der Waals surface area contributed by atoms with Crippen molar-refractivity contribution >= 4 is 5.91 Å². The van der Waals surface area contributed by atoms with Gasteiger partial charge in [0, 0.05) is 18.9 Å². The van der Waals surface area contributed by atoms with E-state index in [4.69, 9.17) is 9.26 Å². The molecule has 2 atom stereocenters. The molecule has 0 aliphatic carbocycles. The average molecular weight is 327 g/mol. The Kier molecular flexibility index (Phi) is 3.75. The molecule has 0 spiro atoms. The summed E-state index contributed by atoms with van der Waals surface area (Å²) in [5.74, 6) is 2.25. The van der Waals surface area contributed by atoms with Crippen molar-refractivity contribution in [3.63, 3.8) is 0 Å². The topological polar surface area (TPSA) is 68.5 Å². The molecule has 1 aromatic carbocycles. The van der Waals surface area contributed by atoms with Gasteiger partial charge < -0.3 is 14.2 Å². The molecule has 2 aliphatic rings. The number of likely N-dealkylation sites (tertiary alicyclic amines) is 1. The second-order valence-electron chi connectivity index (χ2n) is 6.75. The van der Waals surface area contributed by atoms with Crippen molar-refractivity contribution in [3.05, 3.63) is 41.5 Å². The van der Waals surface area contributed by atoms with Gasteiger partial charge in [-0.3, -0.25) is 4.79 Å². The highest BCUT2D eigenvalue weighted by molar-refractivity contribution is 5.83. The maximum atomic E-state index is 13.0. The van der Waals surface area contributed by atoms with Crippen molar-refractivity contribution in [3.8, 4) is 5.75 Å². The highest BCUT2D eigenvalue weighted by Crippen LogP contribution is 2.34. The summed E-state index contributed by atoms with van der Waals surface area (Å²) in [6, 6.07) is 7.72. The van der Waals surface area contributed by atoms with Gasteiger partial charge in [0.1, 0.15) is 5.75 Å². The number of amides is 1. The first-order valence-corrected chi connectivity index (χ1v) is 8.52. The molecular weight excluding hydrogens is 306 g/mol. The van der Waals surface area contributed by atoms with Crippen molar-refractivity contribution in [2.45, 2.75) is 51.2 Å². The normalized spacial score (nSPS) is 22.7. The Hall–Kier alpha value is -2.37. The summed E-state index contributed by atoms with van der Waals surface area (Å²) in [6.45, 7) is 4.74. The lowest BCUT2D eigenvalue weighted by molar-refractivity contribution is -0.139. The van der Waals surface area contributed by atoms with Gasteiger partial charge in [-0.05, 0) is 24.5 Å². The number of fused-ring (bicyclic) bond motifs is 1. The number of hydrogen-bond donors (Lipinski definition) is 0. The number of hydrogen-bond acceptors (Lipinski definition) is 5. The number of benzene rings is 1. The lowest BCUT2D eigenvalue weighted by atomic mass is 10.1. The molecule has 24 heavy (non-hydrogen) atoms. The second kappa shape index (κ2) is 5.92. The fourth-order valence-electron chi connectivity index (χ4n) is 3.42. The third-order valence-electron chi connectivity index (χ3n) is 4.71. The predicted molar refractivity (Wildman–Crippen MR) is 86.6 cm³/mol. The van der Waals surface area contributed by atoms with E-state index in [0.29, 0.717) is 24.7 Å². The minimum Gasteiger partial charge on any atom is -0.480 e. The first kappa shape index (κ1) is 15.2. The van der Waals surface area contributed by atoms with Crippen molar-refractivity contribution in [1.82, 2.24) is 15.0 Å². The summed E-state index contributed by atoms with van der Waals surface area (Å²) < 4.78 is 11.2. The van der Waals surface area contributed by atoms with Gasteiger partial charge in [-0.15, -0.1) is 0 Å². The van der Waals surface area contributed by atoms with E-state index in [9.17, 15) is 4.79 Å². The van der Waals surface area contributed by atoms with Crippen LogP contribution in [0.25, 0.3) is 0 Å². The Morgan fingerprint density at radius 1 is 1.33 bits per heavy atom. The molecular formula is C18H21N3O3. The smallest absolute Gasteiger partial charge is 0.264 e. The van der Waals surface area contributed by atoms with Crippen LogP contribution in [0, 0.1) is 0 Å². The quantitative estimate of drug-likeness (QED) is 0.867. The van der Waals surface area contributed by atoms with Gasteiger partial charge in [-0.25, -0.2) is 0 Å². The van der Waals surface area contributed by atoms with E-state index in [1.165, 1.54) is 0 Å². The molecule has 126 valence electrons. The van der Waals surface area contributed by atoms with Crippen LogP contribution < -0.4 is 4.74 Å². The molecule has 1 aromatic heterocycles. The molecule has 6 nitrogen and oxygen atoms in total. The molecule has 1 fully saturated rings. The zero-order valence-electron chi connectivity index (χ0n) is 13.9. The van der Waals surface area contributed by atoms with Crippen LogP contribution in [-0.4, -0.2) is 33.6 Å². The Morgan fingerprint density at radius 3 is 2.92 bits per heavy atom. The summed E-state index contributed by atoms with van der Waals surface area (Å²) >= 11 is 0. The van der Waals surface area contributed by atoms with E-state index < -0.39 is 6.10 Å². The zero-order chi connectivity index (χ0) is 16.7. The molecule has 6 heteroatoms. The SMILES string of the molecule is CC(C)c1nc([C@@H]2CCCN2C(=O)[C@H]2Cc3ccccc3O2)no1. The standard InChI is InChI=1S/C18H21N3O3/c1-11(2)17-19-16(20-24-17)13-7-5-9-21(13)18(22)15-10-12-6-3-4-8-14(12)23-15/h3-4,6,8,11,13,15H,5,7,9-10H2,1-2H3/t13-,15+/m0/s1. The van der Waals surface area contributed by atoms with Gasteiger partial charge in [0.05, 0.1) is 6.04 Å². The van der Waals surface area contributed by atoms with E-state index in [1.807, 2.05) is 43.0 Å². The fraction of sp³-hybridized carbons (Fsp3) is 0.500. The highest BCUT2D eigenvalue weighted by Gasteiger charge is 2.39. The average Bonchev–Trinajstić information content (AvgIpc) is 3.30. The highest BCUT2D eigenvalue weighted by atomic mass is 16.5. The van der Waals surface area contributed by atoms with Crippen molar-refractivity contribution in [2.24, 2.45) is 0 Å². The summed E-state index contributed by atoms with van der Waals surface area (Å²) in [7, 11) is 0. The first-order valence-electron chi connectivity index (χ1n) is 8.52. The maximum absolute atomic E-state index is 13.0. The number of para-hydroxylation sites is 1. The van der Waals surface area contributed by atoms with Gasteiger partial charge in [-0.1, -0.05) is 37.2 Å².